The zero-order valence-corrected chi connectivity index (χ0v) is 24.2. The Kier molecular flexibility index (Phi) is 11.2. The Balaban J connectivity index is 2.41. The predicted molar refractivity (Wildman–Crippen MR) is 146 cm³/mol. The number of unbranched alkanes of at least 4 members (excludes halogenated alkanes) is 1. The van der Waals surface area contributed by atoms with Gasteiger partial charge in [-0.3, -0.25) is 13.9 Å². The first-order chi connectivity index (χ1) is 16.3. The SMILES string of the molecule is CCCCNC(=O)[C@@H](C)N(Cc1ccc(Br)cc1)C(=O)CN(c1cc(Cl)c(Cl)cc1Cl)S(C)(=O)=O. The molecule has 0 aliphatic rings. The molecule has 2 amide bonds. The van der Waals surface area contributed by atoms with E-state index in [1.54, 1.807) is 6.92 Å². The van der Waals surface area contributed by atoms with Crippen molar-refractivity contribution >= 4 is 78.3 Å². The van der Waals surface area contributed by atoms with E-state index in [0.717, 1.165) is 33.4 Å². The Morgan fingerprint density at radius 3 is 2.23 bits per heavy atom. The lowest BCUT2D eigenvalue weighted by molar-refractivity contribution is -0.139. The van der Waals surface area contributed by atoms with Crippen LogP contribution in [0.3, 0.4) is 0 Å². The van der Waals surface area contributed by atoms with E-state index in [1.807, 2.05) is 31.2 Å². The molecular formula is C23H27BrCl3N3O4S. The van der Waals surface area contributed by atoms with Crippen LogP contribution >= 0.6 is 50.7 Å². The maximum absolute atomic E-state index is 13.5. The monoisotopic (exact) mass is 625 g/mol. The zero-order chi connectivity index (χ0) is 26.3. The third kappa shape index (κ3) is 8.53. The van der Waals surface area contributed by atoms with E-state index in [1.165, 1.54) is 17.0 Å². The summed E-state index contributed by atoms with van der Waals surface area (Å²) in [7, 11) is -3.95. The van der Waals surface area contributed by atoms with Crippen LogP contribution in [-0.4, -0.2) is 50.5 Å². The molecule has 1 atom stereocenters. The smallest absolute Gasteiger partial charge is 0.244 e. The largest absolute Gasteiger partial charge is 0.354 e. The third-order valence-corrected chi connectivity index (χ3v) is 7.88. The number of carbonyl (C=O) groups excluding carboxylic acids is 2. The highest BCUT2D eigenvalue weighted by molar-refractivity contribution is 9.10. The number of carbonyl (C=O) groups is 2. The van der Waals surface area contributed by atoms with Crippen molar-refractivity contribution in [1.82, 2.24) is 10.2 Å². The lowest BCUT2D eigenvalue weighted by atomic mass is 10.1. The van der Waals surface area contributed by atoms with Crippen LogP contribution in [0.4, 0.5) is 5.69 Å². The van der Waals surface area contributed by atoms with Gasteiger partial charge in [-0.25, -0.2) is 8.42 Å². The Morgan fingerprint density at radius 2 is 1.66 bits per heavy atom. The molecule has 0 spiro atoms. The van der Waals surface area contributed by atoms with Crippen LogP contribution in [0.25, 0.3) is 0 Å². The number of nitrogens with one attached hydrogen (secondary N) is 1. The minimum Gasteiger partial charge on any atom is -0.354 e. The molecule has 0 unspecified atom stereocenters. The van der Waals surface area contributed by atoms with Gasteiger partial charge in [-0.2, -0.15) is 0 Å². The first kappa shape index (κ1) is 29.7. The lowest BCUT2D eigenvalue weighted by Crippen LogP contribution is -2.51. The third-order valence-electron chi connectivity index (χ3n) is 5.20. The molecule has 0 aliphatic heterocycles. The molecule has 0 bridgehead atoms. The van der Waals surface area contributed by atoms with Gasteiger partial charge in [-0.1, -0.05) is 76.2 Å². The second kappa shape index (κ2) is 13.1. The molecule has 0 aromatic heterocycles. The fraction of sp³-hybridized carbons (Fsp3) is 0.391. The highest BCUT2D eigenvalue weighted by atomic mass is 79.9. The average Bonchev–Trinajstić information content (AvgIpc) is 2.78. The van der Waals surface area contributed by atoms with Crippen molar-refractivity contribution in [2.75, 3.05) is 23.7 Å². The molecule has 1 N–H and O–H groups in total. The standard InChI is InChI=1S/C23H27BrCl3N3O4S/c1-4-5-10-28-23(32)15(2)29(13-16-6-8-17(24)9-7-16)22(31)14-30(35(3,33)34)21-12-19(26)18(25)11-20(21)27/h6-9,11-12,15H,4-5,10,13-14H2,1-3H3,(H,28,32)/t15-/m1/s1. The molecule has 0 saturated carbocycles. The molecule has 0 heterocycles. The molecule has 2 aromatic carbocycles. The molecule has 7 nitrogen and oxygen atoms in total. The van der Waals surface area contributed by atoms with Crippen LogP contribution in [0, 0.1) is 0 Å². The van der Waals surface area contributed by atoms with Crippen molar-refractivity contribution in [3.05, 3.63) is 61.5 Å². The molecule has 12 heteroatoms. The molecule has 2 rings (SSSR count). The summed E-state index contributed by atoms with van der Waals surface area (Å²) in [6.45, 7) is 3.61. The van der Waals surface area contributed by atoms with Crippen LogP contribution < -0.4 is 9.62 Å². The van der Waals surface area contributed by atoms with E-state index in [-0.39, 0.29) is 33.2 Å². The highest BCUT2D eigenvalue weighted by Crippen LogP contribution is 2.35. The number of sulfonamides is 1. The van der Waals surface area contributed by atoms with E-state index in [2.05, 4.69) is 21.2 Å². The van der Waals surface area contributed by atoms with Crippen LogP contribution in [0.1, 0.15) is 32.3 Å². The van der Waals surface area contributed by atoms with Crippen molar-refractivity contribution < 1.29 is 18.0 Å². The maximum atomic E-state index is 13.5. The fourth-order valence-corrected chi connectivity index (χ4v) is 5.01. The minimum absolute atomic E-state index is 0.0144. The number of halogens is 4. The van der Waals surface area contributed by atoms with Crippen LogP contribution in [-0.2, 0) is 26.2 Å². The van der Waals surface area contributed by atoms with Gasteiger partial charge in [-0.15, -0.1) is 0 Å². The van der Waals surface area contributed by atoms with Crippen molar-refractivity contribution in [2.24, 2.45) is 0 Å². The van der Waals surface area contributed by atoms with E-state index in [9.17, 15) is 18.0 Å². The quantitative estimate of drug-likeness (QED) is 0.263. The van der Waals surface area contributed by atoms with Gasteiger partial charge >= 0.3 is 0 Å². The van der Waals surface area contributed by atoms with Crippen molar-refractivity contribution in [2.45, 2.75) is 39.3 Å². The summed E-state index contributed by atoms with van der Waals surface area (Å²) in [5.41, 5.74) is 0.786. The molecule has 0 radical (unpaired) electrons. The molecule has 192 valence electrons. The van der Waals surface area contributed by atoms with Gasteiger partial charge in [0.2, 0.25) is 21.8 Å². The second-order valence-corrected chi connectivity index (χ2v) is 12.0. The normalized spacial score (nSPS) is 12.2. The van der Waals surface area contributed by atoms with Gasteiger partial charge in [0.1, 0.15) is 12.6 Å². The van der Waals surface area contributed by atoms with Crippen molar-refractivity contribution in [1.29, 1.82) is 0 Å². The molecule has 0 saturated heterocycles. The van der Waals surface area contributed by atoms with E-state index in [4.69, 9.17) is 34.8 Å². The van der Waals surface area contributed by atoms with Crippen LogP contribution in [0.5, 0.6) is 0 Å². The van der Waals surface area contributed by atoms with Gasteiger partial charge in [0, 0.05) is 17.6 Å². The van der Waals surface area contributed by atoms with Gasteiger partial charge in [-0.05, 0) is 43.2 Å². The number of hydrogen-bond donors (Lipinski definition) is 1. The number of nitrogens with zero attached hydrogens (tertiary/aromatic N) is 2. The first-order valence-corrected chi connectivity index (χ1v) is 14.6. The van der Waals surface area contributed by atoms with Crippen LogP contribution in [0.15, 0.2) is 40.9 Å². The summed E-state index contributed by atoms with van der Waals surface area (Å²) in [5, 5.41) is 3.08. The number of hydrogen-bond acceptors (Lipinski definition) is 4. The summed E-state index contributed by atoms with van der Waals surface area (Å²) >= 11 is 21.7. The Hall–Kier alpha value is -1.52. The average molecular weight is 628 g/mol. The summed E-state index contributed by atoms with van der Waals surface area (Å²) in [6, 6.07) is 9.03. The molecule has 2 aromatic rings. The topological polar surface area (TPSA) is 86.8 Å². The van der Waals surface area contributed by atoms with Gasteiger partial charge in [0.05, 0.1) is 27.0 Å². The minimum atomic E-state index is -3.95. The number of anilines is 1. The Bertz CT molecular complexity index is 1160. The molecule has 0 aliphatic carbocycles. The predicted octanol–water partition coefficient (Wildman–Crippen LogP) is 5.51. The van der Waals surface area contributed by atoms with Gasteiger partial charge < -0.3 is 10.2 Å². The van der Waals surface area contributed by atoms with Crippen molar-refractivity contribution in [3.63, 3.8) is 0 Å². The summed E-state index contributed by atoms with van der Waals surface area (Å²) in [5.74, 6) is -0.916. The Labute approximate surface area is 229 Å². The Morgan fingerprint density at radius 1 is 1.06 bits per heavy atom. The number of benzene rings is 2. The highest BCUT2D eigenvalue weighted by Gasteiger charge is 2.31. The molecule has 35 heavy (non-hydrogen) atoms. The summed E-state index contributed by atoms with van der Waals surface area (Å²) in [4.78, 5) is 27.7. The number of rotatable bonds is 11. The van der Waals surface area contributed by atoms with Gasteiger partial charge in [0.25, 0.3) is 0 Å². The van der Waals surface area contributed by atoms with Gasteiger partial charge in [0.15, 0.2) is 0 Å². The van der Waals surface area contributed by atoms with E-state index < -0.39 is 28.5 Å². The van der Waals surface area contributed by atoms with Crippen molar-refractivity contribution in [3.8, 4) is 0 Å². The van der Waals surface area contributed by atoms with E-state index in [0.29, 0.717) is 6.54 Å². The lowest BCUT2D eigenvalue weighted by Gasteiger charge is -2.31. The number of amides is 2. The maximum Gasteiger partial charge on any atom is 0.244 e. The molecule has 0 fully saturated rings. The first-order valence-electron chi connectivity index (χ1n) is 10.8. The van der Waals surface area contributed by atoms with Crippen LogP contribution in [0.2, 0.25) is 15.1 Å². The summed E-state index contributed by atoms with van der Waals surface area (Å²) in [6.07, 6.45) is 2.67. The fourth-order valence-electron chi connectivity index (χ4n) is 3.20. The summed E-state index contributed by atoms with van der Waals surface area (Å²) < 4.78 is 27.0. The molecular weight excluding hydrogens is 601 g/mol. The zero-order valence-electron chi connectivity index (χ0n) is 19.5. The van der Waals surface area contributed by atoms with E-state index >= 15 is 0 Å². The second-order valence-electron chi connectivity index (χ2n) is 7.96.